The Hall–Kier alpha value is -0.870. The molecule has 1 saturated heterocycles. The summed E-state index contributed by atoms with van der Waals surface area (Å²) in [5.41, 5.74) is 0. The lowest BCUT2D eigenvalue weighted by atomic mass is 9.94. The van der Waals surface area contributed by atoms with E-state index in [9.17, 15) is 0 Å². The molecule has 0 amide bonds. The molecule has 0 unspecified atom stereocenters. The molecular weight excluding hydrogens is 262 g/mol. The molecule has 2 rings (SSSR count). The highest BCUT2D eigenvalue weighted by atomic mass is 35.5. The zero-order valence-corrected chi connectivity index (χ0v) is 12.5. The van der Waals surface area contributed by atoms with E-state index in [1.165, 1.54) is 19.3 Å². The van der Waals surface area contributed by atoms with Crippen LogP contribution in [0.1, 0.15) is 38.9 Å². The monoisotopic (exact) mass is 283 g/mol. The molecule has 1 fully saturated rings. The summed E-state index contributed by atoms with van der Waals surface area (Å²) in [5, 5.41) is 0.498. The third-order valence-electron chi connectivity index (χ3n) is 3.68. The van der Waals surface area contributed by atoms with E-state index in [0.29, 0.717) is 24.2 Å². The van der Waals surface area contributed by atoms with Crippen LogP contribution in [0.3, 0.4) is 0 Å². The van der Waals surface area contributed by atoms with Crippen molar-refractivity contribution in [2.45, 2.75) is 39.7 Å². The summed E-state index contributed by atoms with van der Waals surface area (Å²) in [6, 6.07) is 1.85. The van der Waals surface area contributed by atoms with Crippen LogP contribution in [0.15, 0.2) is 6.07 Å². The third-order valence-corrected chi connectivity index (χ3v) is 3.87. The van der Waals surface area contributed by atoms with Gasteiger partial charge in [-0.15, -0.1) is 0 Å². The highest BCUT2D eigenvalue weighted by Gasteiger charge is 2.19. The van der Waals surface area contributed by atoms with Gasteiger partial charge in [0.15, 0.2) is 5.82 Å². The second kappa shape index (κ2) is 7.06. The summed E-state index contributed by atoms with van der Waals surface area (Å²) >= 11 is 6.07. The van der Waals surface area contributed by atoms with E-state index in [1.807, 2.05) is 13.0 Å². The van der Waals surface area contributed by atoms with Crippen molar-refractivity contribution in [2.24, 2.45) is 5.92 Å². The molecular formula is C14H22ClN3O. The Morgan fingerprint density at radius 2 is 2.05 bits per heavy atom. The Labute approximate surface area is 120 Å². The molecule has 0 aliphatic carbocycles. The molecule has 0 atom stereocenters. The van der Waals surface area contributed by atoms with Crippen LogP contribution in [0, 0.1) is 5.92 Å². The lowest BCUT2D eigenvalue weighted by Gasteiger charge is -2.32. The molecule has 1 aromatic rings. The summed E-state index contributed by atoms with van der Waals surface area (Å²) in [6.45, 7) is 7.42. The minimum Gasteiger partial charge on any atom is -0.374 e. The molecule has 0 radical (unpaired) electrons. The lowest BCUT2D eigenvalue weighted by Crippen LogP contribution is -2.34. The molecule has 0 N–H and O–H groups in total. The first kappa shape index (κ1) is 14.5. The first-order valence-corrected chi connectivity index (χ1v) is 7.46. The van der Waals surface area contributed by atoms with Gasteiger partial charge in [0.2, 0.25) is 0 Å². The van der Waals surface area contributed by atoms with E-state index in [4.69, 9.17) is 16.3 Å². The topological polar surface area (TPSA) is 38.2 Å². The minimum atomic E-state index is 0.426. The fraction of sp³-hybridized carbons (Fsp3) is 0.714. The zero-order valence-electron chi connectivity index (χ0n) is 11.7. The van der Waals surface area contributed by atoms with Crippen LogP contribution in [0.5, 0.6) is 0 Å². The number of rotatable bonds is 5. The van der Waals surface area contributed by atoms with Crippen molar-refractivity contribution >= 4 is 17.4 Å². The predicted octanol–water partition coefficient (Wildman–Crippen LogP) is 3.29. The van der Waals surface area contributed by atoms with Crippen molar-refractivity contribution in [1.29, 1.82) is 0 Å². The van der Waals surface area contributed by atoms with Gasteiger partial charge in [0.25, 0.3) is 0 Å². The van der Waals surface area contributed by atoms with Crippen LogP contribution < -0.4 is 4.90 Å². The standard InChI is InChI=1S/C14H22ClN3O/c1-3-11-5-7-18(8-6-11)14-9-12(15)16-13(17-14)10-19-4-2/h9,11H,3-8,10H2,1-2H3. The van der Waals surface area contributed by atoms with Gasteiger partial charge in [-0.2, -0.15) is 0 Å². The van der Waals surface area contributed by atoms with Gasteiger partial charge in [-0.3, -0.25) is 0 Å². The van der Waals surface area contributed by atoms with Gasteiger partial charge >= 0.3 is 0 Å². The summed E-state index contributed by atoms with van der Waals surface area (Å²) in [6.07, 6.45) is 3.74. The summed E-state index contributed by atoms with van der Waals surface area (Å²) in [7, 11) is 0. The van der Waals surface area contributed by atoms with E-state index in [2.05, 4.69) is 21.8 Å². The molecule has 0 bridgehead atoms. The minimum absolute atomic E-state index is 0.426. The van der Waals surface area contributed by atoms with Crippen LogP contribution in [0.2, 0.25) is 5.15 Å². The molecule has 106 valence electrons. The molecule has 0 aromatic carbocycles. The van der Waals surface area contributed by atoms with E-state index in [0.717, 1.165) is 24.8 Å². The largest absolute Gasteiger partial charge is 0.374 e. The zero-order chi connectivity index (χ0) is 13.7. The normalized spacial score (nSPS) is 16.9. The van der Waals surface area contributed by atoms with Crippen LogP contribution in [0.4, 0.5) is 5.82 Å². The highest BCUT2D eigenvalue weighted by Crippen LogP contribution is 2.25. The van der Waals surface area contributed by atoms with Gasteiger partial charge < -0.3 is 9.64 Å². The maximum atomic E-state index is 6.07. The fourth-order valence-electron chi connectivity index (χ4n) is 2.44. The van der Waals surface area contributed by atoms with E-state index in [1.54, 1.807) is 0 Å². The molecule has 1 aliphatic rings. The van der Waals surface area contributed by atoms with Gasteiger partial charge in [-0.05, 0) is 25.7 Å². The van der Waals surface area contributed by atoms with Crippen LogP contribution in [-0.2, 0) is 11.3 Å². The Morgan fingerprint density at radius 3 is 2.68 bits per heavy atom. The Morgan fingerprint density at radius 1 is 1.32 bits per heavy atom. The number of halogens is 1. The number of hydrogen-bond acceptors (Lipinski definition) is 4. The highest BCUT2D eigenvalue weighted by molar-refractivity contribution is 6.29. The second-order valence-electron chi connectivity index (χ2n) is 4.94. The van der Waals surface area contributed by atoms with Crippen molar-refractivity contribution in [1.82, 2.24) is 9.97 Å². The Kier molecular flexibility index (Phi) is 5.40. The summed E-state index contributed by atoms with van der Waals surface area (Å²) < 4.78 is 5.35. The molecule has 1 aromatic heterocycles. The van der Waals surface area contributed by atoms with Crippen molar-refractivity contribution in [3.63, 3.8) is 0 Å². The fourth-order valence-corrected chi connectivity index (χ4v) is 2.64. The van der Waals surface area contributed by atoms with Crippen molar-refractivity contribution in [2.75, 3.05) is 24.6 Å². The first-order valence-electron chi connectivity index (χ1n) is 7.09. The molecule has 0 spiro atoms. The van der Waals surface area contributed by atoms with Crippen LogP contribution in [0.25, 0.3) is 0 Å². The molecule has 1 aliphatic heterocycles. The Balaban J connectivity index is 2.05. The van der Waals surface area contributed by atoms with Crippen LogP contribution in [-0.4, -0.2) is 29.7 Å². The molecule has 0 saturated carbocycles. The van der Waals surface area contributed by atoms with Gasteiger partial charge in [-0.25, -0.2) is 9.97 Å². The van der Waals surface area contributed by atoms with E-state index in [-0.39, 0.29) is 0 Å². The van der Waals surface area contributed by atoms with Crippen molar-refractivity contribution < 1.29 is 4.74 Å². The van der Waals surface area contributed by atoms with Gasteiger partial charge in [0.05, 0.1) is 0 Å². The average Bonchev–Trinajstić information content (AvgIpc) is 2.44. The number of aromatic nitrogens is 2. The van der Waals surface area contributed by atoms with Crippen molar-refractivity contribution in [3.8, 4) is 0 Å². The maximum absolute atomic E-state index is 6.07. The number of anilines is 1. The number of hydrogen-bond donors (Lipinski definition) is 0. The quantitative estimate of drug-likeness (QED) is 0.777. The van der Waals surface area contributed by atoms with Crippen molar-refractivity contribution in [3.05, 3.63) is 17.0 Å². The predicted molar refractivity (Wildman–Crippen MR) is 77.6 cm³/mol. The number of ether oxygens (including phenoxy) is 1. The SMILES string of the molecule is CCOCc1nc(Cl)cc(N2CCC(CC)CC2)n1. The summed E-state index contributed by atoms with van der Waals surface area (Å²) in [5.74, 6) is 2.46. The Bertz CT molecular complexity index is 406. The van der Waals surface area contributed by atoms with Crippen LogP contribution >= 0.6 is 11.6 Å². The average molecular weight is 284 g/mol. The maximum Gasteiger partial charge on any atom is 0.158 e. The van der Waals surface area contributed by atoms with Gasteiger partial charge in [0.1, 0.15) is 17.6 Å². The summed E-state index contributed by atoms with van der Waals surface area (Å²) in [4.78, 5) is 11.1. The van der Waals surface area contributed by atoms with E-state index >= 15 is 0 Å². The molecule has 2 heterocycles. The number of nitrogens with zero attached hydrogens (tertiary/aromatic N) is 3. The van der Waals surface area contributed by atoms with Gasteiger partial charge in [-0.1, -0.05) is 24.9 Å². The molecule has 5 heteroatoms. The third kappa shape index (κ3) is 4.05. The second-order valence-corrected chi connectivity index (χ2v) is 5.33. The van der Waals surface area contributed by atoms with E-state index < -0.39 is 0 Å². The smallest absolute Gasteiger partial charge is 0.158 e. The molecule has 19 heavy (non-hydrogen) atoms. The first-order chi connectivity index (χ1) is 9.22. The molecule has 4 nitrogen and oxygen atoms in total. The van der Waals surface area contributed by atoms with Gasteiger partial charge in [0, 0.05) is 25.8 Å². The number of piperidine rings is 1. The lowest BCUT2D eigenvalue weighted by molar-refractivity contribution is 0.128.